The summed E-state index contributed by atoms with van der Waals surface area (Å²) in [5.74, 6) is 0.305. The molecule has 2 rings (SSSR count). The summed E-state index contributed by atoms with van der Waals surface area (Å²) >= 11 is 3.24. The number of aromatic nitrogens is 1. The number of anilines is 1. The van der Waals surface area contributed by atoms with E-state index in [0.717, 1.165) is 4.47 Å². The van der Waals surface area contributed by atoms with Gasteiger partial charge in [0.15, 0.2) is 0 Å². The lowest BCUT2D eigenvalue weighted by atomic mass is 10.5. The molecule has 1 saturated heterocycles. The second-order valence-corrected chi connectivity index (χ2v) is 6.07. The lowest BCUT2D eigenvalue weighted by Gasteiger charge is -2.26. The van der Waals surface area contributed by atoms with Gasteiger partial charge >= 0.3 is 10.2 Å². The summed E-state index contributed by atoms with van der Waals surface area (Å²) in [6.07, 6.45) is 1.54. The number of hydrogen-bond donors (Lipinski definition) is 1. The molecule has 0 spiro atoms. The molecule has 1 aliphatic heterocycles. The Hall–Kier alpha value is -0.700. The minimum Gasteiger partial charge on any atom is -0.379 e. The zero-order valence-electron chi connectivity index (χ0n) is 8.97. The van der Waals surface area contributed by atoms with Gasteiger partial charge in [0, 0.05) is 23.8 Å². The fourth-order valence-corrected chi connectivity index (χ4v) is 2.80. The molecule has 6 nitrogen and oxygen atoms in total. The minimum absolute atomic E-state index is 0.305. The van der Waals surface area contributed by atoms with E-state index in [0.29, 0.717) is 32.1 Å². The van der Waals surface area contributed by atoms with E-state index in [1.54, 1.807) is 12.1 Å². The molecule has 0 bridgehead atoms. The van der Waals surface area contributed by atoms with Gasteiger partial charge in [-0.05, 0) is 28.1 Å². The largest absolute Gasteiger partial charge is 0.379 e. The molecule has 1 aromatic rings. The number of morpholine rings is 1. The third-order valence-corrected chi connectivity index (χ3v) is 4.25. The van der Waals surface area contributed by atoms with E-state index in [4.69, 9.17) is 4.74 Å². The number of hydrogen-bond acceptors (Lipinski definition) is 4. The third-order valence-electron chi connectivity index (χ3n) is 2.27. The number of halogens is 1. The number of pyridine rings is 1. The van der Waals surface area contributed by atoms with Gasteiger partial charge in [-0.1, -0.05) is 0 Å². The molecule has 0 saturated carbocycles. The predicted octanol–water partition coefficient (Wildman–Crippen LogP) is 0.833. The lowest BCUT2D eigenvalue weighted by Crippen LogP contribution is -2.43. The van der Waals surface area contributed by atoms with Gasteiger partial charge in [-0.3, -0.25) is 4.72 Å². The van der Waals surface area contributed by atoms with Gasteiger partial charge in [0.1, 0.15) is 5.82 Å². The van der Waals surface area contributed by atoms with Crippen LogP contribution in [0.1, 0.15) is 0 Å². The topological polar surface area (TPSA) is 71.5 Å². The van der Waals surface area contributed by atoms with Crippen LogP contribution < -0.4 is 4.72 Å². The smallest absolute Gasteiger partial charge is 0.302 e. The third kappa shape index (κ3) is 3.38. The Morgan fingerprint density at radius 2 is 2.06 bits per heavy atom. The van der Waals surface area contributed by atoms with Crippen molar-refractivity contribution < 1.29 is 13.2 Å². The van der Waals surface area contributed by atoms with Crippen LogP contribution in [0.5, 0.6) is 0 Å². The summed E-state index contributed by atoms with van der Waals surface area (Å²) < 4.78 is 33.6. The second-order valence-electron chi connectivity index (χ2n) is 3.48. The first-order valence-electron chi connectivity index (χ1n) is 5.05. The van der Waals surface area contributed by atoms with Gasteiger partial charge in [-0.15, -0.1) is 0 Å². The van der Waals surface area contributed by atoms with Gasteiger partial charge in [-0.2, -0.15) is 12.7 Å². The van der Waals surface area contributed by atoms with Crippen LogP contribution in [0.3, 0.4) is 0 Å². The van der Waals surface area contributed by atoms with E-state index in [2.05, 4.69) is 25.6 Å². The average molecular weight is 322 g/mol. The highest BCUT2D eigenvalue weighted by atomic mass is 79.9. The fourth-order valence-electron chi connectivity index (χ4n) is 1.42. The van der Waals surface area contributed by atoms with Crippen molar-refractivity contribution >= 4 is 32.0 Å². The van der Waals surface area contributed by atoms with Crippen molar-refractivity contribution in [2.45, 2.75) is 0 Å². The van der Waals surface area contributed by atoms with Crippen LogP contribution in [-0.4, -0.2) is 44.0 Å². The van der Waals surface area contributed by atoms with Crippen LogP contribution in [0.15, 0.2) is 22.8 Å². The Morgan fingerprint density at radius 3 is 2.65 bits per heavy atom. The van der Waals surface area contributed by atoms with Crippen molar-refractivity contribution in [2.24, 2.45) is 0 Å². The summed E-state index contributed by atoms with van der Waals surface area (Å²) in [7, 11) is -3.52. The second kappa shape index (κ2) is 5.30. The van der Waals surface area contributed by atoms with E-state index < -0.39 is 10.2 Å². The van der Waals surface area contributed by atoms with E-state index in [1.165, 1.54) is 10.5 Å². The maximum atomic E-state index is 11.9. The van der Waals surface area contributed by atoms with Gasteiger partial charge in [-0.25, -0.2) is 4.98 Å². The summed E-state index contributed by atoms with van der Waals surface area (Å²) in [4.78, 5) is 3.96. The molecule has 0 amide bonds. The molecule has 0 unspecified atom stereocenters. The molecule has 1 aromatic heterocycles. The summed E-state index contributed by atoms with van der Waals surface area (Å²) in [5.41, 5.74) is 0. The predicted molar refractivity (Wildman–Crippen MR) is 66.9 cm³/mol. The molecule has 0 aromatic carbocycles. The highest BCUT2D eigenvalue weighted by molar-refractivity contribution is 9.10. The van der Waals surface area contributed by atoms with Crippen LogP contribution >= 0.6 is 15.9 Å². The van der Waals surface area contributed by atoms with Crippen LogP contribution in [0.4, 0.5) is 5.82 Å². The van der Waals surface area contributed by atoms with Crippen molar-refractivity contribution in [1.29, 1.82) is 0 Å². The van der Waals surface area contributed by atoms with E-state index in [-0.39, 0.29) is 0 Å². The van der Waals surface area contributed by atoms with Gasteiger partial charge < -0.3 is 4.74 Å². The summed E-state index contributed by atoms with van der Waals surface area (Å²) in [5, 5.41) is 0. The SMILES string of the molecule is O=S(=O)(Nc1ccc(Br)cn1)N1CCOCC1. The first-order chi connectivity index (χ1) is 8.08. The van der Waals surface area contributed by atoms with Crippen molar-refractivity contribution in [3.63, 3.8) is 0 Å². The molecular formula is C9H12BrN3O3S. The van der Waals surface area contributed by atoms with Gasteiger partial charge in [0.2, 0.25) is 0 Å². The zero-order valence-corrected chi connectivity index (χ0v) is 11.4. The van der Waals surface area contributed by atoms with Crippen LogP contribution in [-0.2, 0) is 14.9 Å². The Morgan fingerprint density at radius 1 is 1.35 bits per heavy atom. The highest BCUT2D eigenvalue weighted by Gasteiger charge is 2.24. The molecule has 2 heterocycles. The number of nitrogens with zero attached hydrogens (tertiary/aromatic N) is 2. The van der Waals surface area contributed by atoms with E-state index in [9.17, 15) is 8.42 Å². The molecule has 94 valence electrons. The lowest BCUT2D eigenvalue weighted by molar-refractivity contribution is 0.0733. The van der Waals surface area contributed by atoms with Crippen molar-refractivity contribution in [1.82, 2.24) is 9.29 Å². The fraction of sp³-hybridized carbons (Fsp3) is 0.444. The van der Waals surface area contributed by atoms with Crippen LogP contribution in [0, 0.1) is 0 Å². The van der Waals surface area contributed by atoms with Gasteiger partial charge in [0.05, 0.1) is 13.2 Å². The summed E-state index contributed by atoms with van der Waals surface area (Å²) in [6, 6.07) is 3.33. The Balaban J connectivity index is 2.08. The van der Waals surface area contributed by atoms with E-state index >= 15 is 0 Å². The van der Waals surface area contributed by atoms with Crippen molar-refractivity contribution in [3.8, 4) is 0 Å². The maximum Gasteiger partial charge on any atom is 0.302 e. The normalized spacial score (nSPS) is 17.9. The molecule has 1 fully saturated rings. The van der Waals surface area contributed by atoms with E-state index in [1.807, 2.05) is 0 Å². The number of ether oxygens (including phenoxy) is 1. The molecule has 8 heteroatoms. The monoisotopic (exact) mass is 321 g/mol. The molecule has 17 heavy (non-hydrogen) atoms. The highest BCUT2D eigenvalue weighted by Crippen LogP contribution is 2.13. The Bertz CT molecular complexity index is 471. The zero-order chi connectivity index (χ0) is 12.3. The van der Waals surface area contributed by atoms with Gasteiger partial charge in [0.25, 0.3) is 0 Å². The molecular weight excluding hydrogens is 310 g/mol. The molecule has 1 aliphatic rings. The van der Waals surface area contributed by atoms with Crippen LogP contribution in [0.25, 0.3) is 0 Å². The minimum atomic E-state index is -3.52. The molecule has 0 radical (unpaired) electrons. The molecule has 0 atom stereocenters. The first-order valence-corrected chi connectivity index (χ1v) is 7.28. The summed E-state index contributed by atoms with van der Waals surface area (Å²) in [6.45, 7) is 1.58. The molecule has 0 aliphatic carbocycles. The maximum absolute atomic E-state index is 11.9. The number of nitrogens with one attached hydrogen (secondary N) is 1. The standard InChI is InChI=1S/C9H12BrN3O3S/c10-8-1-2-9(11-7-8)12-17(14,15)13-3-5-16-6-4-13/h1-2,7H,3-6H2,(H,11,12). The quantitative estimate of drug-likeness (QED) is 0.895. The Labute approximate surface area is 108 Å². The average Bonchev–Trinajstić information content (AvgIpc) is 2.33. The Kier molecular flexibility index (Phi) is 3.97. The molecule has 1 N–H and O–H groups in total. The number of rotatable bonds is 3. The van der Waals surface area contributed by atoms with Crippen LogP contribution in [0.2, 0.25) is 0 Å². The first kappa shape index (κ1) is 12.7. The van der Waals surface area contributed by atoms with Crippen molar-refractivity contribution in [3.05, 3.63) is 22.8 Å². The van der Waals surface area contributed by atoms with Crippen molar-refractivity contribution in [2.75, 3.05) is 31.0 Å².